The third-order valence-electron chi connectivity index (χ3n) is 4.40. The summed E-state index contributed by atoms with van der Waals surface area (Å²) in [6.45, 7) is 7.68. The van der Waals surface area contributed by atoms with E-state index in [1.54, 1.807) is 48.5 Å². The van der Waals surface area contributed by atoms with E-state index in [9.17, 15) is 9.90 Å². The maximum Gasteiger partial charge on any atom is 0.231 e. The number of hydrogen-bond donors (Lipinski definition) is 1. The summed E-state index contributed by atoms with van der Waals surface area (Å²) in [5.74, 6) is 1.50. The van der Waals surface area contributed by atoms with Crippen LogP contribution in [0.2, 0.25) is 0 Å². The Morgan fingerprint density at radius 3 is 2.54 bits per heavy atom. The molecule has 5 nitrogen and oxygen atoms in total. The quantitative estimate of drug-likeness (QED) is 0.769. The Hall–Kier alpha value is -2.79. The predicted octanol–water partition coefficient (Wildman–Crippen LogP) is 3.73. The summed E-state index contributed by atoms with van der Waals surface area (Å²) in [5, 5.41) is 9.34. The fourth-order valence-corrected chi connectivity index (χ4v) is 2.81. The van der Waals surface area contributed by atoms with Crippen LogP contribution in [0.25, 0.3) is 6.08 Å². The number of hydrogen-bond acceptors (Lipinski definition) is 5. The Bertz CT molecular complexity index is 807. The van der Waals surface area contributed by atoms with E-state index in [0.717, 1.165) is 25.2 Å². The molecule has 2 aromatic carbocycles. The number of Topliss-reactive ketones (excluding diaryl/α,β-unsaturated/α-hetero) is 1. The molecule has 5 heteroatoms. The van der Waals surface area contributed by atoms with Gasteiger partial charge in [-0.2, -0.15) is 0 Å². The third-order valence-corrected chi connectivity index (χ3v) is 4.40. The van der Waals surface area contributed by atoms with Gasteiger partial charge in [0.05, 0.1) is 5.56 Å². The summed E-state index contributed by atoms with van der Waals surface area (Å²) < 4.78 is 11.5. The lowest BCUT2D eigenvalue weighted by atomic mass is 10.1. The molecule has 1 aliphatic rings. The largest absolute Gasteiger partial charge is 0.508 e. The first-order chi connectivity index (χ1) is 12.6. The number of phenols is 1. The van der Waals surface area contributed by atoms with Gasteiger partial charge in [-0.15, -0.1) is 0 Å². The minimum absolute atomic E-state index is 0.150. The topological polar surface area (TPSA) is 59.0 Å². The van der Waals surface area contributed by atoms with E-state index in [0.29, 0.717) is 23.7 Å². The third kappa shape index (κ3) is 4.06. The van der Waals surface area contributed by atoms with E-state index in [1.807, 2.05) is 0 Å². The molecule has 3 rings (SSSR count). The summed E-state index contributed by atoms with van der Waals surface area (Å²) >= 11 is 0. The highest BCUT2D eigenvalue weighted by Gasteiger charge is 2.27. The molecule has 0 saturated carbocycles. The fourth-order valence-electron chi connectivity index (χ4n) is 2.81. The molecule has 26 heavy (non-hydrogen) atoms. The van der Waals surface area contributed by atoms with Crippen LogP contribution < -0.4 is 9.47 Å². The smallest absolute Gasteiger partial charge is 0.231 e. The first kappa shape index (κ1) is 18.0. The summed E-state index contributed by atoms with van der Waals surface area (Å²) in [6, 6.07) is 11.9. The molecule has 0 aliphatic carbocycles. The molecule has 0 radical (unpaired) electrons. The normalized spacial score (nSPS) is 14.6. The highest BCUT2D eigenvalue weighted by atomic mass is 16.5. The van der Waals surface area contributed by atoms with Gasteiger partial charge in [0.25, 0.3) is 0 Å². The molecule has 1 heterocycles. The van der Waals surface area contributed by atoms with Crippen LogP contribution in [0.5, 0.6) is 17.2 Å². The number of carbonyl (C=O) groups excluding carboxylic acids is 1. The van der Waals surface area contributed by atoms with E-state index in [1.165, 1.54) is 0 Å². The average molecular weight is 353 g/mol. The second-order valence-corrected chi connectivity index (χ2v) is 6.06. The van der Waals surface area contributed by atoms with Gasteiger partial charge in [0, 0.05) is 12.6 Å². The molecular weight excluding hydrogens is 330 g/mol. The van der Waals surface area contributed by atoms with Crippen LogP contribution in [0.1, 0.15) is 29.8 Å². The van der Waals surface area contributed by atoms with Gasteiger partial charge in [-0.3, -0.25) is 4.79 Å². The number of fused-ring (bicyclic) bond motifs is 1. The van der Waals surface area contributed by atoms with E-state index >= 15 is 0 Å². The Morgan fingerprint density at radius 2 is 1.85 bits per heavy atom. The SMILES string of the molecule is CCN(CC)CCOc1ccc2c(c1)O/C(=C/c1ccc(O)cc1)C2=O. The molecule has 0 spiro atoms. The maximum absolute atomic E-state index is 12.5. The van der Waals surface area contributed by atoms with Gasteiger partial charge in [-0.05, 0) is 49.0 Å². The molecule has 0 bridgehead atoms. The lowest BCUT2D eigenvalue weighted by Crippen LogP contribution is -2.27. The molecule has 0 unspecified atom stereocenters. The van der Waals surface area contributed by atoms with Crippen molar-refractivity contribution in [2.75, 3.05) is 26.2 Å². The van der Waals surface area contributed by atoms with Gasteiger partial charge in [0.2, 0.25) is 5.78 Å². The molecule has 136 valence electrons. The number of allylic oxidation sites excluding steroid dienone is 1. The summed E-state index contributed by atoms with van der Waals surface area (Å²) in [5.41, 5.74) is 1.32. The van der Waals surface area contributed by atoms with Gasteiger partial charge in [0.1, 0.15) is 23.9 Å². The second-order valence-electron chi connectivity index (χ2n) is 6.06. The van der Waals surface area contributed by atoms with E-state index in [-0.39, 0.29) is 17.3 Å². The number of aromatic hydroxyl groups is 1. The van der Waals surface area contributed by atoms with Crippen LogP contribution in [-0.2, 0) is 0 Å². The van der Waals surface area contributed by atoms with Crippen molar-refractivity contribution in [2.45, 2.75) is 13.8 Å². The van der Waals surface area contributed by atoms with Crippen LogP contribution in [0.15, 0.2) is 48.2 Å². The van der Waals surface area contributed by atoms with Crippen LogP contribution in [0.4, 0.5) is 0 Å². The van der Waals surface area contributed by atoms with Crippen molar-refractivity contribution in [2.24, 2.45) is 0 Å². The van der Waals surface area contributed by atoms with E-state index in [4.69, 9.17) is 9.47 Å². The standard InChI is InChI=1S/C21H23NO4/c1-3-22(4-2)11-12-25-17-9-10-18-19(14-17)26-20(21(18)24)13-15-5-7-16(23)8-6-15/h5-10,13-14,23H,3-4,11-12H2,1-2H3/b20-13+. The fraction of sp³-hybridized carbons (Fsp3) is 0.286. The number of carbonyl (C=O) groups is 1. The molecule has 2 aromatic rings. The zero-order valence-corrected chi connectivity index (χ0v) is 15.1. The van der Waals surface area contributed by atoms with Crippen LogP contribution >= 0.6 is 0 Å². The van der Waals surface area contributed by atoms with Crippen molar-refractivity contribution < 1.29 is 19.4 Å². The lowest BCUT2D eigenvalue weighted by molar-refractivity contribution is 0.101. The summed E-state index contributed by atoms with van der Waals surface area (Å²) in [6.07, 6.45) is 1.67. The first-order valence-electron chi connectivity index (χ1n) is 8.83. The summed E-state index contributed by atoms with van der Waals surface area (Å²) in [4.78, 5) is 14.8. The monoisotopic (exact) mass is 353 g/mol. The van der Waals surface area contributed by atoms with E-state index < -0.39 is 0 Å². The van der Waals surface area contributed by atoms with Crippen molar-refractivity contribution in [3.63, 3.8) is 0 Å². The van der Waals surface area contributed by atoms with Gasteiger partial charge in [-0.1, -0.05) is 26.0 Å². The molecule has 1 aliphatic heterocycles. The molecule has 1 N–H and O–H groups in total. The first-order valence-corrected chi connectivity index (χ1v) is 8.83. The zero-order valence-electron chi connectivity index (χ0n) is 15.1. The molecular formula is C21H23NO4. The van der Waals surface area contributed by atoms with Crippen LogP contribution in [0, 0.1) is 0 Å². The van der Waals surface area contributed by atoms with Crippen LogP contribution in [0.3, 0.4) is 0 Å². The van der Waals surface area contributed by atoms with Gasteiger partial charge in [0.15, 0.2) is 5.76 Å². The number of phenolic OH excluding ortho intramolecular Hbond substituents is 1. The highest BCUT2D eigenvalue weighted by Crippen LogP contribution is 2.35. The Balaban J connectivity index is 1.69. The Labute approximate surface area is 153 Å². The minimum atomic E-state index is -0.150. The number of rotatable bonds is 7. The molecule has 0 amide bonds. The number of ether oxygens (including phenoxy) is 2. The maximum atomic E-state index is 12.5. The predicted molar refractivity (Wildman–Crippen MR) is 101 cm³/mol. The minimum Gasteiger partial charge on any atom is -0.508 e. The lowest BCUT2D eigenvalue weighted by Gasteiger charge is -2.18. The number of nitrogens with zero attached hydrogens (tertiary/aromatic N) is 1. The van der Waals surface area contributed by atoms with Gasteiger partial charge >= 0.3 is 0 Å². The Kier molecular flexibility index (Phi) is 5.58. The van der Waals surface area contributed by atoms with Crippen molar-refractivity contribution in [3.05, 3.63) is 59.4 Å². The average Bonchev–Trinajstić information content (AvgIpc) is 2.96. The van der Waals surface area contributed by atoms with Crippen LogP contribution in [-0.4, -0.2) is 42.0 Å². The van der Waals surface area contributed by atoms with E-state index in [2.05, 4.69) is 18.7 Å². The molecule has 0 aromatic heterocycles. The Morgan fingerprint density at radius 1 is 1.12 bits per heavy atom. The second kappa shape index (κ2) is 8.06. The van der Waals surface area contributed by atoms with Crippen molar-refractivity contribution in [1.29, 1.82) is 0 Å². The summed E-state index contributed by atoms with van der Waals surface area (Å²) in [7, 11) is 0. The number of likely N-dealkylation sites (N-methyl/N-ethyl adjacent to an activating group) is 1. The zero-order chi connectivity index (χ0) is 18.5. The van der Waals surface area contributed by atoms with Gasteiger partial charge < -0.3 is 19.5 Å². The van der Waals surface area contributed by atoms with Crippen molar-refractivity contribution in [1.82, 2.24) is 4.90 Å². The molecule has 0 fully saturated rings. The number of benzene rings is 2. The molecule has 0 saturated heterocycles. The molecule has 0 atom stereocenters. The van der Waals surface area contributed by atoms with Crippen molar-refractivity contribution in [3.8, 4) is 17.2 Å². The van der Waals surface area contributed by atoms with Gasteiger partial charge in [-0.25, -0.2) is 0 Å². The van der Waals surface area contributed by atoms with Crippen molar-refractivity contribution >= 4 is 11.9 Å². The number of ketones is 1. The highest BCUT2D eigenvalue weighted by molar-refractivity contribution is 6.14.